The van der Waals surface area contributed by atoms with Crippen LogP contribution in [0.25, 0.3) is 0 Å². The number of carbonyl (C=O) groups is 2. The average Bonchev–Trinajstić information content (AvgIpc) is 3.07. The Labute approximate surface area is 153 Å². The number of thioether (sulfide) groups is 1. The number of thiophene rings is 1. The molecule has 1 aromatic carbocycles. The third-order valence-corrected chi connectivity index (χ3v) is 6.54. The molecule has 1 saturated heterocycles. The largest absolute Gasteiger partial charge is 0.477 e. The lowest BCUT2D eigenvalue weighted by molar-refractivity contribution is 0.0700. The SMILES string of the molecule is O=C(O)c1ccc(C(=O)N2CCC(Sc3ccc(Cl)cc3)CC2)s1. The second-order valence-corrected chi connectivity index (χ2v) is 8.43. The Morgan fingerprint density at radius 2 is 1.71 bits per heavy atom. The van der Waals surface area contributed by atoms with Gasteiger partial charge in [0.1, 0.15) is 4.88 Å². The van der Waals surface area contributed by atoms with Gasteiger partial charge in [-0.1, -0.05) is 11.6 Å². The van der Waals surface area contributed by atoms with Crippen molar-refractivity contribution in [2.24, 2.45) is 0 Å². The van der Waals surface area contributed by atoms with Gasteiger partial charge in [0, 0.05) is 28.3 Å². The molecule has 0 atom stereocenters. The van der Waals surface area contributed by atoms with Crippen molar-refractivity contribution in [3.63, 3.8) is 0 Å². The number of hydrogen-bond donors (Lipinski definition) is 1. The van der Waals surface area contributed by atoms with Gasteiger partial charge in [0.05, 0.1) is 4.88 Å². The van der Waals surface area contributed by atoms with E-state index in [9.17, 15) is 9.59 Å². The van der Waals surface area contributed by atoms with E-state index in [2.05, 4.69) is 0 Å². The predicted octanol–water partition coefficient (Wildman–Crippen LogP) is 4.50. The first kappa shape index (κ1) is 17.3. The third kappa shape index (κ3) is 4.12. The molecule has 2 aromatic rings. The number of likely N-dealkylation sites (tertiary alicyclic amines) is 1. The van der Waals surface area contributed by atoms with Gasteiger partial charge < -0.3 is 10.0 Å². The van der Waals surface area contributed by atoms with Crippen LogP contribution < -0.4 is 0 Å². The first-order valence-electron chi connectivity index (χ1n) is 7.57. The summed E-state index contributed by atoms with van der Waals surface area (Å²) in [6, 6.07) is 10.9. The van der Waals surface area contributed by atoms with Gasteiger partial charge in [0.25, 0.3) is 5.91 Å². The van der Waals surface area contributed by atoms with Crippen molar-refractivity contribution >= 4 is 46.6 Å². The van der Waals surface area contributed by atoms with E-state index in [-0.39, 0.29) is 10.8 Å². The molecule has 0 bridgehead atoms. The molecule has 4 nitrogen and oxygen atoms in total. The summed E-state index contributed by atoms with van der Waals surface area (Å²) in [5, 5.41) is 10.2. The molecule has 24 heavy (non-hydrogen) atoms. The van der Waals surface area contributed by atoms with E-state index in [0.717, 1.165) is 29.2 Å². The van der Waals surface area contributed by atoms with Crippen LogP contribution >= 0.6 is 34.7 Å². The van der Waals surface area contributed by atoms with Crippen LogP contribution in [0.3, 0.4) is 0 Å². The lowest BCUT2D eigenvalue weighted by Gasteiger charge is -2.31. The Kier molecular flexibility index (Phi) is 5.48. The lowest BCUT2D eigenvalue weighted by atomic mass is 10.1. The summed E-state index contributed by atoms with van der Waals surface area (Å²) in [4.78, 5) is 27.1. The van der Waals surface area contributed by atoms with E-state index in [1.807, 2.05) is 40.9 Å². The zero-order chi connectivity index (χ0) is 17.1. The Balaban J connectivity index is 1.55. The van der Waals surface area contributed by atoms with Crippen molar-refractivity contribution in [3.8, 4) is 0 Å². The minimum absolute atomic E-state index is 0.0672. The summed E-state index contributed by atoms with van der Waals surface area (Å²) in [5.74, 6) is -1.06. The molecule has 3 rings (SSSR count). The number of carboxylic acid groups (broad SMARTS) is 1. The fourth-order valence-electron chi connectivity index (χ4n) is 2.61. The first-order valence-corrected chi connectivity index (χ1v) is 9.65. The maximum Gasteiger partial charge on any atom is 0.345 e. The smallest absolute Gasteiger partial charge is 0.345 e. The van der Waals surface area contributed by atoms with E-state index < -0.39 is 5.97 Å². The summed E-state index contributed by atoms with van der Waals surface area (Å²) in [6.07, 6.45) is 1.85. The Hall–Kier alpha value is -1.50. The highest BCUT2D eigenvalue weighted by Crippen LogP contribution is 2.31. The Morgan fingerprint density at radius 3 is 2.29 bits per heavy atom. The van der Waals surface area contributed by atoms with Gasteiger partial charge in [-0.25, -0.2) is 4.79 Å². The Morgan fingerprint density at radius 1 is 1.08 bits per heavy atom. The molecule has 0 saturated carbocycles. The molecule has 1 fully saturated rings. The molecule has 1 amide bonds. The van der Waals surface area contributed by atoms with Crippen LogP contribution in [0.1, 0.15) is 32.2 Å². The van der Waals surface area contributed by atoms with Crippen LogP contribution in [-0.4, -0.2) is 40.2 Å². The lowest BCUT2D eigenvalue weighted by Crippen LogP contribution is -2.39. The highest BCUT2D eigenvalue weighted by Gasteiger charge is 2.25. The number of carbonyl (C=O) groups excluding carboxylic acids is 1. The molecule has 0 unspecified atom stereocenters. The van der Waals surface area contributed by atoms with Crippen LogP contribution in [0.2, 0.25) is 5.02 Å². The highest BCUT2D eigenvalue weighted by molar-refractivity contribution is 8.00. The number of benzene rings is 1. The molecule has 7 heteroatoms. The molecule has 1 aliphatic rings. The topological polar surface area (TPSA) is 57.6 Å². The number of rotatable bonds is 4. The number of nitrogens with zero attached hydrogens (tertiary/aromatic N) is 1. The van der Waals surface area contributed by atoms with Crippen molar-refractivity contribution in [3.05, 3.63) is 51.2 Å². The van der Waals surface area contributed by atoms with Crippen LogP contribution in [0.5, 0.6) is 0 Å². The van der Waals surface area contributed by atoms with E-state index in [0.29, 0.717) is 23.2 Å². The zero-order valence-corrected chi connectivity index (χ0v) is 15.2. The minimum atomic E-state index is -0.989. The quantitative estimate of drug-likeness (QED) is 0.847. The van der Waals surface area contributed by atoms with Gasteiger partial charge >= 0.3 is 5.97 Å². The summed E-state index contributed by atoms with van der Waals surface area (Å²) in [5.41, 5.74) is 0. The summed E-state index contributed by atoms with van der Waals surface area (Å²) in [7, 11) is 0. The van der Waals surface area contributed by atoms with Gasteiger partial charge in [0.2, 0.25) is 0 Å². The molecular weight excluding hydrogens is 366 g/mol. The Bertz CT molecular complexity index is 737. The highest BCUT2D eigenvalue weighted by atomic mass is 35.5. The van der Waals surface area contributed by atoms with Crippen LogP contribution in [0, 0.1) is 0 Å². The van der Waals surface area contributed by atoms with E-state index >= 15 is 0 Å². The average molecular weight is 382 g/mol. The van der Waals surface area contributed by atoms with Gasteiger partial charge in [-0.05, 0) is 49.2 Å². The molecule has 1 aromatic heterocycles. The fourth-order valence-corrected chi connectivity index (χ4v) is 4.67. The normalized spacial score (nSPS) is 15.5. The maximum absolute atomic E-state index is 12.5. The minimum Gasteiger partial charge on any atom is -0.477 e. The zero-order valence-electron chi connectivity index (χ0n) is 12.8. The second-order valence-electron chi connectivity index (χ2n) is 5.53. The summed E-state index contributed by atoms with van der Waals surface area (Å²) in [6.45, 7) is 1.40. The summed E-state index contributed by atoms with van der Waals surface area (Å²) < 4.78 is 0. The van der Waals surface area contributed by atoms with Crippen molar-refractivity contribution in [2.45, 2.75) is 23.0 Å². The van der Waals surface area contributed by atoms with E-state index in [1.165, 1.54) is 11.0 Å². The van der Waals surface area contributed by atoms with Gasteiger partial charge in [0.15, 0.2) is 0 Å². The molecular formula is C17H16ClNO3S2. The van der Waals surface area contributed by atoms with Gasteiger partial charge in [-0.15, -0.1) is 23.1 Å². The van der Waals surface area contributed by atoms with Crippen LogP contribution in [0.4, 0.5) is 0 Å². The van der Waals surface area contributed by atoms with Crippen molar-refractivity contribution in [1.29, 1.82) is 0 Å². The molecule has 0 spiro atoms. The summed E-state index contributed by atoms with van der Waals surface area (Å²) >= 11 is 8.76. The van der Waals surface area contributed by atoms with Crippen molar-refractivity contribution in [1.82, 2.24) is 4.90 Å². The number of carboxylic acids is 1. The van der Waals surface area contributed by atoms with E-state index in [4.69, 9.17) is 16.7 Å². The van der Waals surface area contributed by atoms with Crippen LogP contribution in [-0.2, 0) is 0 Å². The maximum atomic E-state index is 12.5. The monoisotopic (exact) mass is 381 g/mol. The van der Waals surface area contributed by atoms with E-state index in [1.54, 1.807) is 6.07 Å². The standard InChI is InChI=1S/C17H16ClNO3S2/c18-11-1-3-12(4-2-11)23-13-7-9-19(10-8-13)16(20)14-5-6-15(24-14)17(21)22/h1-6,13H,7-10H2,(H,21,22). The molecule has 1 N–H and O–H groups in total. The van der Waals surface area contributed by atoms with Gasteiger partial charge in [-0.2, -0.15) is 0 Å². The molecule has 0 aliphatic carbocycles. The number of piperidine rings is 1. The molecule has 126 valence electrons. The van der Waals surface area contributed by atoms with Crippen LogP contribution in [0.15, 0.2) is 41.3 Å². The number of amides is 1. The third-order valence-electron chi connectivity index (χ3n) is 3.87. The molecule has 1 aliphatic heterocycles. The fraction of sp³-hybridized carbons (Fsp3) is 0.294. The number of aromatic carboxylic acids is 1. The predicted molar refractivity (Wildman–Crippen MR) is 97.5 cm³/mol. The van der Waals surface area contributed by atoms with Crippen molar-refractivity contribution < 1.29 is 14.7 Å². The molecule has 0 radical (unpaired) electrons. The number of hydrogen-bond acceptors (Lipinski definition) is 4. The van der Waals surface area contributed by atoms with Crippen molar-refractivity contribution in [2.75, 3.05) is 13.1 Å². The van der Waals surface area contributed by atoms with Gasteiger partial charge in [-0.3, -0.25) is 4.79 Å². The first-order chi connectivity index (χ1) is 11.5. The second kappa shape index (κ2) is 7.59. The number of halogens is 1. The molecule has 2 heterocycles.